The molecule has 4 nitrogen and oxygen atoms in total. The second-order valence-corrected chi connectivity index (χ2v) is 7.92. The van der Waals surface area contributed by atoms with Crippen LogP contribution in [0.4, 0.5) is 0 Å². The van der Waals surface area contributed by atoms with Gasteiger partial charge in [-0.1, -0.05) is 60.7 Å². The van der Waals surface area contributed by atoms with Crippen LogP contribution in [0.1, 0.15) is 30.4 Å². The minimum absolute atomic E-state index is 0.275. The van der Waals surface area contributed by atoms with Gasteiger partial charge in [0.2, 0.25) is 0 Å². The summed E-state index contributed by atoms with van der Waals surface area (Å²) < 4.78 is 11.6. The molecule has 2 aromatic carbocycles. The van der Waals surface area contributed by atoms with Gasteiger partial charge < -0.3 is 14.6 Å². The predicted octanol–water partition coefficient (Wildman–Crippen LogP) is 3.39. The van der Waals surface area contributed by atoms with E-state index in [1.165, 1.54) is 11.1 Å². The number of aliphatic hydroxyl groups is 1. The Bertz CT molecular complexity index is 692. The predicted molar refractivity (Wildman–Crippen MR) is 105 cm³/mol. The van der Waals surface area contributed by atoms with Crippen molar-refractivity contribution in [3.05, 3.63) is 71.8 Å². The van der Waals surface area contributed by atoms with E-state index >= 15 is 0 Å². The molecule has 1 N–H and O–H groups in total. The monoisotopic (exact) mass is 367 g/mol. The lowest BCUT2D eigenvalue weighted by Crippen LogP contribution is -2.61. The molecule has 2 saturated heterocycles. The number of piperidine rings is 1. The summed E-state index contributed by atoms with van der Waals surface area (Å²) >= 11 is 0. The highest BCUT2D eigenvalue weighted by Gasteiger charge is 2.45. The fourth-order valence-electron chi connectivity index (χ4n) is 4.43. The largest absolute Gasteiger partial charge is 0.390 e. The van der Waals surface area contributed by atoms with Crippen molar-refractivity contribution in [3.8, 4) is 0 Å². The molecule has 144 valence electrons. The van der Waals surface area contributed by atoms with Crippen molar-refractivity contribution in [3.63, 3.8) is 0 Å². The topological polar surface area (TPSA) is 41.9 Å². The normalized spacial score (nSPS) is 28.2. The molecule has 2 aliphatic rings. The summed E-state index contributed by atoms with van der Waals surface area (Å²) in [7, 11) is 0. The summed E-state index contributed by atoms with van der Waals surface area (Å²) in [4.78, 5) is 2.53. The van der Waals surface area contributed by atoms with Gasteiger partial charge in [-0.2, -0.15) is 0 Å². The molecule has 2 aromatic rings. The van der Waals surface area contributed by atoms with Crippen LogP contribution in [-0.4, -0.2) is 47.5 Å². The zero-order valence-corrected chi connectivity index (χ0v) is 15.8. The molecule has 2 fully saturated rings. The van der Waals surface area contributed by atoms with Crippen LogP contribution in [0.2, 0.25) is 0 Å². The minimum Gasteiger partial charge on any atom is -0.390 e. The third-order valence-corrected chi connectivity index (χ3v) is 5.82. The molecular weight excluding hydrogens is 338 g/mol. The average molecular weight is 367 g/mol. The highest BCUT2D eigenvalue weighted by molar-refractivity contribution is 5.16. The van der Waals surface area contributed by atoms with Crippen LogP contribution in [0.3, 0.4) is 0 Å². The number of hydrogen-bond acceptors (Lipinski definition) is 4. The molecule has 4 rings (SSSR count). The van der Waals surface area contributed by atoms with E-state index in [9.17, 15) is 5.11 Å². The van der Waals surface area contributed by atoms with Gasteiger partial charge >= 0.3 is 0 Å². The first-order chi connectivity index (χ1) is 13.2. The van der Waals surface area contributed by atoms with Gasteiger partial charge in [-0.25, -0.2) is 0 Å². The molecule has 0 amide bonds. The maximum Gasteiger partial charge on any atom is 0.0716 e. The van der Waals surface area contributed by atoms with Gasteiger partial charge in [0.15, 0.2) is 0 Å². The molecule has 2 unspecified atom stereocenters. The van der Waals surface area contributed by atoms with Crippen LogP contribution in [0.25, 0.3) is 0 Å². The molecule has 0 aliphatic carbocycles. The van der Waals surface area contributed by atoms with Crippen molar-refractivity contribution in [1.82, 2.24) is 4.90 Å². The van der Waals surface area contributed by atoms with E-state index < -0.39 is 5.60 Å². The zero-order valence-electron chi connectivity index (χ0n) is 15.8. The van der Waals surface area contributed by atoms with Crippen molar-refractivity contribution in [2.75, 3.05) is 19.8 Å². The lowest BCUT2D eigenvalue weighted by molar-refractivity contribution is -0.152. The molecule has 0 aromatic heterocycles. The van der Waals surface area contributed by atoms with Crippen molar-refractivity contribution >= 4 is 0 Å². The molecule has 0 spiro atoms. The smallest absolute Gasteiger partial charge is 0.0716 e. The first-order valence-corrected chi connectivity index (χ1v) is 9.93. The summed E-state index contributed by atoms with van der Waals surface area (Å²) in [6.07, 6.45) is 2.20. The molecule has 4 heteroatoms. The van der Waals surface area contributed by atoms with E-state index in [4.69, 9.17) is 9.47 Å². The Kier molecular flexibility index (Phi) is 5.89. The quantitative estimate of drug-likeness (QED) is 0.762. The van der Waals surface area contributed by atoms with E-state index in [0.717, 1.165) is 19.4 Å². The number of rotatable bonds is 7. The first-order valence-electron chi connectivity index (χ1n) is 9.93. The van der Waals surface area contributed by atoms with Gasteiger partial charge in [0.25, 0.3) is 0 Å². The summed E-state index contributed by atoms with van der Waals surface area (Å²) in [5.41, 5.74) is 1.85. The van der Waals surface area contributed by atoms with E-state index in [1.807, 2.05) is 18.2 Å². The number of hydrogen-bond donors (Lipinski definition) is 1. The standard InChI is InChI=1S/C23H29NO3/c25-23(11-12-26-16-20-9-5-2-6-10-20)13-21-17-27-18-22(14-23)24(21)15-19-7-3-1-4-8-19/h1-10,21-22,25H,11-18H2. The summed E-state index contributed by atoms with van der Waals surface area (Å²) in [6, 6.07) is 21.3. The van der Waals surface area contributed by atoms with Gasteiger partial charge in [0.05, 0.1) is 25.4 Å². The SMILES string of the molecule is OC1(CCOCc2ccccc2)CC2COCC(C1)N2Cc1ccccc1. The minimum atomic E-state index is -0.650. The van der Waals surface area contributed by atoms with Crippen LogP contribution in [0.5, 0.6) is 0 Å². The van der Waals surface area contributed by atoms with Gasteiger partial charge in [0, 0.05) is 25.2 Å². The first kappa shape index (κ1) is 18.6. The highest BCUT2D eigenvalue weighted by atomic mass is 16.5. The Morgan fingerprint density at radius 2 is 1.52 bits per heavy atom. The van der Waals surface area contributed by atoms with Gasteiger partial charge in [0.1, 0.15) is 0 Å². The summed E-state index contributed by atoms with van der Waals surface area (Å²) in [5.74, 6) is 0. The second-order valence-electron chi connectivity index (χ2n) is 7.92. The Morgan fingerprint density at radius 1 is 0.926 bits per heavy atom. The summed E-state index contributed by atoms with van der Waals surface area (Å²) in [6.45, 7) is 3.53. The highest BCUT2D eigenvalue weighted by Crippen LogP contribution is 2.37. The second kappa shape index (κ2) is 8.53. The van der Waals surface area contributed by atoms with Crippen molar-refractivity contribution in [1.29, 1.82) is 0 Å². The number of morpholine rings is 1. The van der Waals surface area contributed by atoms with Gasteiger partial charge in [-0.15, -0.1) is 0 Å². The van der Waals surface area contributed by atoms with E-state index in [-0.39, 0.29) is 12.1 Å². The lowest BCUT2D eigenvalue weighted by Gasteiger charge is -2.51. The van der Waals surface area contributed by atoms with Crippen LogP contribution in [-0.2, 0) is 22.6 Å². The Morgan fingerprint density at radius 3 is 2.15 bits per heavy atom. The molecule has 2 bridgehead atoms. The molecule has 0 radical (unpaired) electrons. The fraction of sp³-hybridized carbons (Fsp3) is 0.478. The van der Waals surface area contributed by atoms with Crippen LogP contribution in [0, 0.1) is 0 Å². The lowest BCUT2D eigenvalue weighted by atomic mass is 9.79. The van der Waals surface area contributed by atoms with Crippen LogP contribution in [0.15, 0.2) is 60.7 Å². The number of nitrogens with zero attached hydrogens (tertiary/aromatic N) is 1. The molecule has 2 atom stereocenters. The Hall–Kier alpha value is -1.72. The maximum absolute atomic E-state index is 11.2. The Labute approximate surface area is 161 Å². The maximum atomic E-state index is 11.2. The van der Waals surface area contributed by atoms with E-state index in [1.54, 1.807) is 0 Å². The van der Waals surface area contributed by atoms with Gasteiger partial charge in [-0.3, -0.25) is 4.90 Å². The van der Waals surface area contributed by atoms with Crippen LogP contribution < -0.4 is 0 Å². The molecular formula is C23H29NO3. The third kappa shape index (κ3) is 4.77. The van der Waals surface area contributed by atoms with Crippen LogP contribution >= 0.6 is 0 Å². The van der Waals surface area contributed by atoms with Crippen molar-refractivity contribution in [2.45, 2.75) is 50.1 Å². The number of ether oxygens (including phenoxy) is 2. The zero-order chi connectivity index (χ0) is 18.5. The fourth-order valence-corrected chi connectivity index (χ4v) is 4.43. The van der Waals surface area contributed by atoms with E-state index in [2.05, 4.69) is 47.4 Å². The average Bonchev–Trinajstić information content (AvgIpc) is 2.68. The van der Waals surface area contributed by atoms with Crippen molar-refractivity contribution in [2.24, 2.45) is 0 Å². The molecule has 2 heterocycles. The molecule has 0 saturated carbocycles. The Balaban J connectivity index is 1.31. The van der Waals surface area contributed by atoms with Gasteiger partial charge in [-0.05, 0) is 30.4 Å². The third-order valence-electron chi connectivity index (χ3n) is 5.82. The number of fused-ring (bicyclic) bond motifs is 2. The molecule has 2 aliphatic heterocycles. The molecule has 27 heavy (non-hydrogen) atoms. The summed E-state index contributed by atoms with van der Waals surface area (Å²) in [5, 5.41) is 11.2. The number of benzene rings is 2. The van der Waals surface area contributed by atoms with E-state index in [0.29, 0.717) is 32.8 Å². The van der Waals surface area contributed by atoms with Crippen molar-refractivity contribution < 1.29 is 14.6 Å².